The van der Waals surface area contributed by atoms with Gasteiger partial charge in [0, 0.05) is 0 Å². The number of allylic oxidation sites excluding steroid dienone is 2. The number of carboxylic acids is 2. The van der Waals surface area contributed by atoms with E-state index in [2.05, 4.69) is 54.5 Å². The van der Waals surface area contributed by atoms with Gasteiger partial charge in [-0.05, 0) is 109 Å². The number of hydrogen-bond acceptors (Lipinski definition) is 7. The van der Waals surface area contributed by atoms with Crippen LogP contribution in [-0.4, -0.2) is 74.3 Å². The lowest BCUT2D eigenvalue weighted by Crippen LogP contribution is -2.66. The van der Waals surface area contributed by atoms with Gasteiger partial charge >= 0.3 is 11.9 Å². The molecule has 0 bridgehead atoms. The van der Waals surface area contributed by atoms with Crippen molar-refractivity contribution in [3.05, 3.63) is 11.6 Å². The zero-order valence-corrected chi connectivity index (χ0v) is 28.2. The first-order valence-electron chi connectivity index (χ1n) is 17.4. The molecule has 0 radical (unpaired) electrons. The molecule has 0 spiro atoms. The summed E-state index contributed by atoms with van der Waals surface area (Å²) in [5.74, 6) is -0.409. The number of fused-ring (bicyclic) bond motifs is 7. The lowest BCUT2D eigenvalue weighted by Gasteiger charge is -2.71. The molecule has 9 nitrogen and oxygen atoms in total. The van der Waals surface area contributed by atoms with Gasteiger partial charge in [0.05, 0.1) is 11.5 Å². The van der Waals surface area contributed by atoms with Crippen molar-refractivity contribution in [1.29, 1.82) is 0 Å². The summed E-state index contributed by atoms with van der Waals surface area (Å²) in [5.41, 5.74) is 0.381. The van der Waals surface area contributed by atoms with Gasteiger partial charge < -0.3 is 35.0 Å². The van der Waals surface area contributed by atoms with Crippen LogP contribution in [0.4, 0.5) is 0 Å². The van der Waals surface area contributed by atoms with Crippen molar-refractivity contribution in [2.45, 2.75) is 143 Å². The highest BCUT2D eigenvalue weighted by molar-refractivity contribution is 5.76. The van der Waals surface area contributed by atoms with Gasteiger partial charge in [0.25, 0.3) is 0 Å². The number of carboxylic acid groups (broad SMARTS) is 2. The van der Waals surface area contributed by atoms with Crippen molar-refractivity contribution in [2.75, 3.05) is 0 Å². The summed E-state index contributed by atoms with van der Waals surface area (Å²) in [5, 5.41) is 51.4. The maximum Gasteiger partial charge on any atom is 0.335 e. The highest BCUT2D eigenvalue weighted by Crippen LogP contribution is 2.76. The van der Waals surface area contributed by atoms with E-state index in [4.69, 9.17) is 9.47 Å². The molecular weight excluding hydrogens is 576 g/mol. The monoisotopic (exact) mass is 632 g/mol. The summed E-state index contributed by atoms with van der Waals surface area (Å²) >= 11 is 0. The summed E-state index contributed by atoms with van der Waals surface area (Å²) in [6, 6.07) is 0. The smallest absolute Gasteiger partial charge is 0.335 e. The number of aliphatic hydroxyl groups is 3. The van der Waals surface area contributed by atoms with E-state index in [1.165, 1.54) is 5.57 Å². The van der Waals surface area contributed by atoms with Gasteiger partial charge in [-0.2, -0.15) is 0 Å². The van der Waals surface area contributed by atoms with Crippen LogP contribution in [0.3, 0.4) is 0 Å². The predicted octanol–water partition coefficient (Wildman–Crippen LogP) is 5.01. The highest BCUT2D eigenvalue weighted by Gasteiger charge is 2.70. The second kappa shape index (κ2) is 10.7. The molecule has 1 aliphatic heterocycles. The Labute approximate surface area is 267 Å². The van der Waals surface area contributed by atoms with Crippen LogP contribution in [0, 0.1) is 56.7 Å². The number of rotatable bonds is 4. The fourth-order valence-corrected chi connectivity index (χ4v) is 12.4. The van der Waals surface area contributed by atoms with Gasteiger partial charge in [0.1, 0.15) is 18.3 Å². The zero-order chi connectivity index (χ0) is 33.1. The molecule has 1 heterocycles. The average Bonchev–Trinajstić information content (AvgIpc) is 2.96. The van der Waals surface area contributed by atoms with Crippen LogP contribution in [0.25, 0.3) is 0 Å². The molecule has 6 rings (SSSR count). The average molecular weight is 633 g/mol. The molecule has 0 amide bonds. The predicted molar refractivity (Wildman–Crippen MR) is 166 cm³/mol. The maximum absolute atomic E-state index is 13.0. The molecule has 2 unspecified atom stereocenters. The van der Waals surface area contributed by atoms with Crippen LogP contribution < -0.4 is 0 Å². The summed E-state index contributed by atoms with van der Waals surface area (Å²) in [6.07, 6.45) is 2.06. The van der Waals surface area contributed by atoms with E-state index < -0.39 is 48.1 Å². The Kier molecular flexibility index (Phi) is 7.97. The summed E-state index contributed by atoms with van der Waals surface area (Å²) in [4.78, 5) is 24.7. The van der Waals surface area contributed by atoms with E-state index in [-0.39, 0.29) is 33.7 Å². The number of carbonyl (C=O) groups is 2. The first kappa shape index (κ1) is 33.4. The van der Waals surface area contributed by atoms with E-state index in [9.17, 15) is 35.1 Å². The SMILES string of the molecule is C[C@H]1[C@H](C)CC[C@]2(C(=O)O)CC[C@]3(C)C(=CCC4[C@@]5(C)CC[C@H](O[C@@H]6O[C@H](C(=O)O)[C@@H](O)[C@H](O)[C@H]6O)C(C)(C)C5CC[C@]43C)[C@H]12. The fourth-order valence-electron chi connectivity index (χ4n) is 12.4. The minimum absolute atomic E-state index is 0.000444. The van der Waals surface area contributed by atoms with Crippen molar-refractivity contribution in [3.8, 4) is 0 Å². The molecule has 1 saturated heterocycles. The molecule has 9 heteroatoms. The van der Waals surface area contributed by atoms with Crippen LogP contribution in [0.15, 0.2) is 11.6 Å². The van der Waals surface area contributed by atoms with Gasteiger partial charge in [-0.15, -0.1) is 0 Å². The Morgan fingerprint density at radius 3 is 2.18 bits per heavy atom. The summed E-state index contributed by atoms with van der Waals surface area (Å²) < 4.78 is 11.9. The van der Waals surface area contributed by atoms with Crippen LogP contribution in [-0.2, 0) is 19.1 Å². The largest absolute Gasteiger partial charge is 0.481 e. The van der Waals surface area contributed by atoms with E-state index in [0.29, 0.717) is 30.1 Å². The van der Waals surface area contributed by atoms with Crippen LogP contribution in [0.5, 0.6) is 0 Å². The minimum atomic E-state index is -1.75. The molecule has 45 heavy (non-hydrogen) atoms. The lowest BCUT2D eigenvalue weighted by molar-refractivity contribution is -0.324. The second-order valence-corrected chi connectivity index (χ2v) is 17.3. The van der Waals surface area contributed by atoms with Crippen LogP contribution >= 0.6 is 0 Å². The Morgan fingerprint density at radius 1 is 0.844 bits per heavy atom. The summed E-state index contributed by atoms with van der Waals surface area (Å²) in [6.45, 7) is 16.4. The van der Waals surface area contributed by atoms with Crippen LogP contribution in [0.2, 0.25) is 0 Å². The van der Waals surface area contributed by atoms with Gasteiger partial charge in [0.15, 0.2) is 12.4 Å². The molecule has 0 aromatic rings. The Balaban J connectivity index is 1.30. The Morgan fingerprint density at radius 2 is 1.53 bits per heavy atom. The third-order valence-corrected chi connectivity index (χ3v) is 15.5. The third-order valence-electron chi connectivity index (χ3n) is 15.5. The molecule has 5 fully saturated rings. The van der Waals surface area contributed by atoms with Gasteiger partial charge in [0.2, 0.25) is 0 Å². The third kappa shape index (κ3) is 4.42. The van der Waals surface area contributed by atoms with Crippen LogP contribution in [0.1, 0.15) is 106 Å². The minimum Gasteiger partial charge on any atom is -0.481 e. The van der Waals surface area contributed by atoms with Crippen molar-refractivity contribution in [2.24, 2.45) is 56.7 Å². The quantitative estimate of drug-likeness (QED) is 0.213. The molecule has 5 aliphatic carbocycles. The highest BCUT2D eigenvalue weighted by atomic mass is 16.7. The Hall–Kier alpha value is -1.52. The molecular formula is C36H56O9. The van der Waals surface area contributed by atoms with Crippen molar-refractivity contribution >= 4 is 11.9 Å². The topological polar surface area (TPSA) is 154 Å². The van der Waals surface area contributed by atoms with Crippen molar-refractivity contribution in [3.63, 3.8) is 0 Å². The number of aliphatic hydroxyl groups excluding tert-OH is 3. The first-order valence-corrected chi connectivity index (χ1v) is 17.4. The molecule has 5 N–H and O–H groups in total. The number of ether oxygens (including phenoxy) is 2. The van der Waals surface area contributed by atoms with Crippen molar-refractivity contribution < 1.29 is 44.6 Å². The lowest BCUT2D eigenvalue weighted by atomic mass is 9.33. The maximum atomic E-state index is 13.0. The normalized spacial score (nSPS) is 54.0. The van der Waals surface area contributed by atoms with E-state index in [0.717, 1.165) is 51.4 Å². The van der Waals surface area contributed by atoms with E-state index >= 15 is 0 Å². The molecule has 0 aromatic carbocycles. The Bertz CT molecular complexity index is 1250. The van der Waals surface area contributed by atoms with Gasteiger partial charge in [-0.3, -0.25) is 4.79 Å². The second-order valence-electron chi connectivity index (χ2n) is 17.3. The molecule has 4 saturated carbocycles. The summed E-state index contributed by atoms with van der Waals surface area (Å²) in [7, 11) is 0. The van der Waals surface area contributed by atoms with Gasteiger partial charge in [-0.25, -0.2) is 4.79 Å². The first-order chi connectivity index (χ1) is 20.9. The van der Waals surface area contributed by atoms with Gasteiger partial charge in [-0.1, -0.05) is 60.1 Å². The molecule has 6 aliphatic rings. The molecule has 15 atom stereocenters. The van der Waals surface area contributed by atoms with E-state index in [1.807, 2.05) is 0 Å². The number of aliphatic carboxylic acids is 2. The number of hydrogen-bond donors (Lipinski definition) is 5. The molecule has 254 valence electrons. The van der Waals surface area contributed by atoms with E-state index in [1.54, 1.807) is 0 Å². The zero-order valence-electron chi connectivity index (χ0n) is 28.2. The standard InChI is InChI=1S/C36H56O9/c1-18-10-15-36(31(42)43)17-16-34(6)20(24(36)19(18)2)8-9-22-33(5)13-12-23(32(3,4)21(33)11-14-35(22,34)7)44-30-27(39)25(37)26(38)28(45-30)29(40)41/h8,18-19,21-28,30,37-39H,9-17H2,1-7H3,(H,40,41)(H,42,43)/t18-,19+,21?,22?,23+,24+,25+,26+,27-,28+,30-,33+,34-,35-,36+/m1/s1. The van der Waals surface area contributed by atoms with Crippen molar-refractivity contribution in [1.82, 2.24) is 0 Å². The molecule has 0 aromatic heterocycles. The fraction of sp³-hybridized carbons (Fsp3) is 0.889.